The highest BCUT2D eigenvalue weighted by atomic mass is 35.5. The number of rotatable bonds is 9. The number of piperazine rings is 1. The minimum absolute atomic E-state index is 0.0180. The Morgan fingerprint density at radius 2 is 1.85 bits per heavy atom. The molecule has 3 aromatic heterocycles. The summed E-state index contributed by atoms with van der Waals surface area (Å²) >= 11 is 6.10. The minimum Gasteiger partial charge on any atom is -0.377 e. The van der Waals surface area contributed by atoms with E-state index in [-0.39, 0.29) is 85.3 Å². The molecule has 0 bridgehead atoms. The number of nitrogens with zero attached hydrogens (tertiary/aromatic N) is 6. The molecule has 0 radical (unpaired) electrons. The van der Waals surface area contributed by atoms with Crippen LogP contribution in [0.25, 0.3) is 11.4 Å². The first-order chi connectivity index (χ1) is 24.8. The van der Waals surface area contributed by atoms with Crippen molar-refractivity contribution < 1.29 is 32.3 Å². The van der Waals surface area contributed by atoms with E-state index < -0.39 is 34.7 Å². The molecule has 0 aliphatic carbocycles. The van der Waals surface area contributed by atoms with Gasteiger partial charge in [0.05, 0.1) is 41.7 Å². The van der Waals surface area contributed by atoms with Crippen LogP contribution in [-0.4, -0.2) is 92.7 Å². The van der Waals surface area contributed by atoms with Gasteiger partial charge in [0.25, 0.3) is 11.5 Å². The fourth-order valence-corrected chi connectivity index (χ4v) is 6.27. The third kappa shape index (κ3) is 7.71. The lowest BCUT2D eigenvalue weighted by molar-refractivity contribution is -0.137. The summed E-state index contributed by atoms with van der Waals surface area (Å²) in [6.45, 7) is 2.77. The number of nitrogens with one attached hydrogen (secondary N) is 3. The highest BCUT2D eigenvalue weighted by Crippen LogP contribution is 2.34. The van der Waals surface area contributed by atoms with Crippen molar-refractivity contribution >= 4 is 52.0 Å². The Morgan fingerprint density at radius 1 is 1.08 bits per heavy atom. The Bertz CT molecular complexity index is 2190. The van der Waals surface area contributed by atoms with Crippen LogP contribution < -0.4 is 26.7 Å². The Morgan fingerprint density at radius 3 is 2.50 bits per heavy atom. The van der Waals surface area contributed by atoms with E-state index in [1.165, 1.54) is 18.2 Å². The summed E-state index contributed by atoms with van der Waals surface area (Å²) in [7, 11) is 0. The predicted octanol–water partition coefficient (Wildman–Crippen LogP) is 2.33. The zero-order valence-corrected chi connectivity index (χ0v) is 28.5. The molecule has 5 heterocycles. The Labute approximate surface area is 298 Å². The van der Waals surface area contributed by atoms with Crippen LogP contribution in [0.2, 0.25) is 5.02 Å². The topological polar surface area (TPSA) is 176 Å². The average Bonchev–Trinajstić information content (AvgIpc) is 3.58. The van der Waals surface area contributed by atoms with Crippen LogP contribution in [0, 0.1) is 0 Å². The number of fused-ring (bicyclic) bond motifs is 1. The second-order valence-corrected chi connectivity index (χ2v) is 12.4. The number of ether oxygens (including phenoxy) is 1. The second-order valence-electron chi connectivity index (χ2n) is 12.0. The molecule has 3 N–H and O–H groups in total. The minimum atomic E-state index is -4.62. The van der Waals surface area contributed by atoms with Gasteiger partial charge in [0.2, 0.25) is 23.2 Å². The van der Waals surface area contributed by atoms with E-state index in [1.54, 1.807) is 21.3 Å². The number of hydrogen-bond donors (Lipinski definition) is 3. The normalized spacial score (nSPS) is 15.1. The summed E-state index contributed by atoms with van der Waals surface area (Å²) in [4.78, 5) is 74.9. The van der Waals surface area contributed by atoms with Gasteiger partial charge in [-0.1, -0.05) is 30.7 Å². The smallest absolute Gasteiger partial charge is 0.377 e. The number of amides is 3. The highest BCUT2D eigenvalue weighted by Gasteiger charge is 2.32. The van der Waals surface area contributed by atoms with Gasteiger partial charge >= 0.3 is 6.18 Å². The summed E-state index contributed by atoms with van der Waals surface area (Å²) < 4.78 is 47.6. The van der Waals surface area contributed by atoms with Crippen molar-refractivity contribution in [2.75, 3.05) is 56.2 Å². The molecule has 1 fully saturated rings. The first-order valence-corrected chi connectivity index (χ1v) is 16.7. The maximum Gasteiger partial charge on any atom is 0.416 e. The van der Waals surface area contributed by atoms with E-state index in [0.717, 1.165) is 28.3 Å². The summed E-state index contributed by atoms with van der Waals surface area (Å²) in [6, 6.07) is 6.70. The number of halogens is 4. The molecule has 1 saturated heterocycles. The quantitative estimate of drug-likeness (QED) is 0.232. The number of aromatic nitrogens is 5. The molecule has 3 amide bonds. The number of carbonyl (C=O) groups excluding carboxylic acids is 3. The molecular weight excluding hydrogens is 711 g/mol. The standard InChI is InChI=1S/C33H33ClF3N9O6/c1-2-24-28(44-12-10-43(11-13-44)27(49)17-38-30(50)23-4-3-5-25(47)40-23)31(51)46-32(41-29(42-46)19-8-14-52-15-9-19)45(24)18-26(48)39-22-7-6-20(16-21(22)34)33(35,36)37/h3-8,16H,2,9-15,17-18H2,1H3,(H,38,50)(H,39,48)(H,40,47). The number of carbonyl (C=O) groups is 3. The maximum absolute atomic E-state index is 14.1. The molecule has 274 valence electrons. The van der Waals surface area contributed by atoms with Crippen LogP contribution in [0.15, 0.2) is 52.1 Å². The molecule has 0 unspecified atom stereocenters. The number of H-pyrrole nitrogens is 1. The van der Waals surface area contributed by atoms with Crippen LogP contribution >= 0.6 is 11.6 Å². The van der Waals surface area contributed by atoms with Crippen LogP contribution in [-0.2, 0) is 33.5 Å². The summed E-state index contributed by atoms with van der Waals surface area (Å²) in [5, 5.41) is 9.28. The van der Waals surface area contributed by atoms with Gasteiger partial charge in [0, 0.05) is 32.2 Å². The van der Waals surface area contributed by atoms with Gasteiger partial charge in [-0.3, -0.25) is 24.0 Å². The second kappa shape index (κ2) is 15.0. The molecule has 0 atom stereocenters. The van der Waals surface area contributed by atoms with Crippen molar-refractivity contribution in [3.63, 3.8) is 0 Å². The van der Waals surface area contributed by atoms with Crippen LogP contribution in [0.5, 0.6) is 0 Å². The number of alkyl halides is 3. The number of anilines is 2. The molecule has 4 aromatic rings. The number of aromatic amines is 1. The van der Waals surface area contributed by atoms with Gasteiger partial charge in [0.1, 0.15) is 17.9 Å². The maximum atomic E-state index is 14.1. The van der Waals surface area contributed by atoms with Gasteiger partial charge < -0.3 is 34.7 Å². The monoisotopic (exact) mass is 743 g/mol. The zero-order chi connectivity index (χ0) is 37.2. The van der Waals surface area contributed by atoms with Crippen LogP contribution in [0.1, 0.15) is 40.9 Å². The third-order valence-corrected chi connectivity index (χ3v) is 8.96. The molecule has 6 rings (SSSR count). The van der Waals surface area contributed by atoms with Gasteiger partial charge in [-0.05, 0) is 42.7 Å². The molecule has 0 spiro atoms. The Hall–Kier alpha value is -5.49. The number of pyridine rings is 1. The SMILES string of the molecule is CCc1c(N2CCN(C(=O)CNC(=O)c3cccc(=O)[nH]3)CC2)c(=O)n2nc(C3=CCOCC3)nc2n1CC(=O)Nc1ccc(C(F)(F)F)cc1Cl. The van der Waals surface area contributed by atoms with Gasteiger partial charge in [-0.2, -0.15) is 22.7 Å². The van der Waals surface area contributed by atoms with Crippen molar-refractivity contribution in [1.29, 1.82) is 0 Å². The summed E-state index contributed by atoms with van der Waals surface area (Å²) in [6.07, 6.45) is -2.02. The summed E-state index contributed by atoms with van der Waals surface area (Å²) in [5.74, 6) is -1.24. The molecule has 1 aromatic carbocycles. The van der Waals surface area contributed by atoms with Crippen LogP contribution in [0.3, 0.4) is 0 Å². The Kier molecular flexibility index (Phi) is 10.5. The van der Waals surface area contributed by atoms with Gasteiger partial charge in [-0.15, -0.1) is 5.10 Å². The first kappa shape index (κ1) is 36.3. The van der Waals surface area contributed by atoms with E-state index >= 15 is 0 Å². The molecule has 2 aliphatic heterocycles. The fraction of sp³-hybridized carbons (Fsp3) is 0.364. The van der Waals surface area contributed by atoms with E-state index in [1.807, 2.05) is 6.08 Å². The average molecular weight is 744 g/mol. The summed E-state index contributed by atoms with van der Waals surface area (Å²) in [5.41, 5.74) is -0.445. The lowest BCUT2D eigenvalue weighted by Gasteiger charge is -2.36. The lowest BCUT2D eigenvalue weighted by atomic mass is 10.1. The zero-order valence-electron chi connectivity index (χ0n) is 27.8. The molecule has 52 heavy (non-hydrogen) atoms. The number of hydrogen-bond acceptors (Lipinski definition) is 9. The lowest BCUT2D eigenvalue weighted by Crippen LogP contribution is -2.52. The van der Waals surface area contributed by atoms with Crippen LogP contribution in [0.4, 0.5) is 24.5 Å². The van der Waals surface area contributed by atoms with E-state index in [4.69, 9.17) is 16.3 Å². The third-order valence-electron chi connectivity index (χ3n) is 8.65. The fourth-order valence-electron chi connectivity index (χ4n) is 6.04. The van der Waals surface area contributed by atoms with Crippen molar-refractivity contribution in [2.24, 2.45) is 0 Å². The molecule has 15 nitrogen and oxygen atoms in total. The van der Waals surface area contributed by atoms with Crippen molar-refractivity contribution in [2.45, 2.75) is 32.5 Å². The van der Waals surface area contributed by atoms with Crippen molar-refractivity contribution in [3.05, 3.63) is 91.0 Å². The van der Waals surface area contributed by atoms with Gasteiger partial charge in [-0.25, -0.2) is 0 Å². The highest BCUT2D eigenvalue weighted by molar-refractivity contribution is 6.33. The first-order valence-electron chi connectivity index (χ1n) is 16.3. The molecule has 0 saturated carbocycles. The van der Waals surface area contributed by atoms with Crippen molar-refractivity contribution in [1.82, 2.24) is 34.4 Å². The largest absolute Gasteiger partial charge is 0.416 e. The Balaban J connectivity index is 1.26. The molecule has 2 aliphatic rings. The number of benzene rings is 1. The predicted molar refractivity (Wildman–Crippen MR) is 183 cm³/mol. The molecular formula is C33H33ClF3N9O6. The van der Waals surface area contributed by atoms with E-state index in [0.29, 0.717) is 25.3 Å². The van der Waals surface area contributed by atoms with Gasteiger partial charge in [0.15, 0.2) is 5.82 Å². The van der Waals surface area contributed by atoms with E-state index in [9.17, 15) is 37.1 Å². The van der Waals surface area contributed by atoms with E-state index in [2.05, 4.69) is 25.7 Å². The van der Waals surface area contributed by atoms with Crippen molar-refractivity contribution in [3.8, 4) is 0 Å². The molecule has 19 heteroatoms.